The number of carbonyl (C=O) groups is 1. The van der Waals surface area contributed by atoms with Crippen LogP contribution in [0.1, 0.15) is 23.0 Å². The van der Waals surface area contributed by atoms with Crippen molar-refractivity contribution < 1.29 is 24.1 Å². The van der Waals surface area contributed by atoms with Gasteiger partial charge in [0.1, 0.15) is 34.8 Å². The van der Waals surface area contributed by atoms with E-state index in [0.717, 1.165) is 48.0 Å². The van der Waals surface area contributed by atoms with Gasteiger partial charge in [0.05, 0.1) is 42.3 Å². The molecule has 0 aliphatic carbocycles. The molecular weight excluding hydrogens is 534 g/mol. The van der Waals surface area contributed by atoms with Crippen molar-refractivity contribution in [2.24, 2.45) is 0 Å². The maximum Gasteiger partial charge on any atom is 0.355 e. The number of rotatable bonds is 9. The summed E-state index contributed by atoms with van der Waals surface area (Å²) in [7, 11) is 1.59. The normalized spacial score (nSPS) is 11.5. The monoisotopic (exact) mass is 559 g/mol. The van der Waals surface area contributed by atoms with E-state index in [9.17, 15) is 9.90 Å². The number of aliphatic hydroxyl groups excluding tert-OH is 1. The Kier molecular flexibility index (Phi) is 6.90. The molecule has 0 atom stereocenters. The van der Waals surface area contributed by atoms with Crippen LogP contribution in [0.15, 0.2) is 60.7 Å². The Balaban J connectivity index is 1.67. The second-order valence-corrected chi connectivity index (χ2v) is 10.4. The van der Waals surface area contributed by atoms with Gasteiger partial charge in [-0.2, -0.15) is 8.75 Å². The third kappa shape index (κ3) is 4.50. The van der Waals surface area contributed by atoms with Crippen LogP contribution in [0.4, 0.5) is 0 Å². The van der Waals surface area contributed by atoms with Crippen LogP contribution < -0.4 is 9.47 Å². The lowest BCUT2D eigenvalue weighted by Gasteiger charge is -2.15. The number of thiophene rings is 1. The summed E-state index contributed by atoms with van der Waals surface area (Å²) < 4.78 is 29.9. The summed E-state index contributed by atoms with van der Waals surface area (Å²) in [5.41, 5.74) is 5.51. The molecule has 3 aromatic heterocycles. The Morgan fingerprint density at radius 3 is 2.72 bits per heavy atom. The minimum atomic E-state index is -0.416. The molecule has 198 valence electrons. The molecular formula is C29H25N3O5S2. The highest BCUT2D eigenvalue weighted by Gasteiger charge is 2.30. The summed E-state index contributed by atoms with van der Waals surface area (Å²) >= 11 is 2.80. The number of esters is 1. The molecule has 0 fully saturated rings. The van der Waals surface area contributed by atoms with Crippen molar-refractivity contribution in [2.45, 2.75) is 13.5 Å². The van der Waals surface area contributed by atoms with E-state index in [1.165, 1.54) is 11.7 Å². The molecule has 0 aliphatic heterocycles. The number of nitrogens with zero attached hydrogens (tertiary/aromatic N) is 3. The first kappa shape index (κ1) is 25.3. The fourth-order valence-corrected chi connectivity index (χ4v) is 6.65. The van der Waals surface area contributed by atoms with Crippen LogP contribution in [0.3, 0.4) is 0 Å². The van der Waals surface area contributed by atoms with Gasteiger partial charge in [0, 0.05) is 33.8 Å². The highest BCUT2D eigenvalue weighted by atomic mass is 32.1. The molecule has 39 heavy (non-hydrogen) atoms. The highest BCUT2D eigenvalue weighted by molar-refractivity contribution is 7.26. The van der Waals surface area contributed by atoms with E-state index >= 15 is 0 Å². The van der Waals surface area contributed by atoms with Crippen molar-refractivity contribution in [1.82, 2.24) is 13.3 Å². The van der Waals surface area contributed by atoms with Crippen molar-refractivity contribution in [1.29, 1.82) is 0 Å². The minimum absolute atomic E-state index is 0.104. The highest BCUT2D eigenvalue weighted by Crippen LogP contribution is 2.47. The van der Waals surface area contributed by atoms with Gasteiger partial charge in [-0.3, -0.25) is 0 Å². The van der Waals surface area contributed by atoms with E-state index < -0.39 is 5.97 Å². The van der Waals surface area contributed by atoms with E-state index in [0.29, 0.717) is 23.7 Å². The summed E-state index contributed by atoms with van der Waals surface area (Å²) in [4.78, 5) is 13.7. The summed E-state index contributed by atoms with van der Waals surface area (Å²) in [5, 5.41) is 10.5. The fourth-order valence-electron chi connectivity index (χ4n) is 4.86. The zero-order valence-electron chi connectivity index (χ0n) is 21.3. The molecule has 6 rings (SSSR count). The van der Waals surface area contributed by atoms with Gasteiger partial charge in [-0.15, -0.1) is 11.3 Å². The molecule has 0 spiro atoms. The van der Waals surface area contributed by atoms with E-state index in [1.807, 2.05) is 47.0 Å². The van der Waals surface area contributed by atoms with E-state index in [-0.39, 0.29) is 19.8 Å². The molecule has 1 N–H and O–H groups in total. The number of carbonyl (C=O) groups excluding carboxylic acids is 1. The van der Waals surface area contributed by atoms with Crippen LogP contribution in [0, 0.1) is 0 Å². The molecule has 0 aliphatic rings. The molecule has 8 nitrogen and oxygen atoms in total. The molecule has 0 amide bonds. The second kappa shape index (κ2) is 10.6. The number of aliphatic hydroxyl groups is 1. The summed E-state index contributed by atoms with van der Waals surface area (Å²) in [6.45, 7) is 2.43. The van der Waals surface area contributed by atoms with Crippen molar-refractivity contribution in [3.63, 3.8) is 0 Å². The SMILES string of the molecule is CCOC(=O)c1c(-c2ccc(OC)cc2OCCO)c2sc3ccccc3c2n1Cc1ccc2nsnc2c1. The van der Waals surface area contributed by atoms with Crippen molar-refractivity contribution in [3.05, 3.63) is 71.9 Å². The number of ether oxygens (including phenoxy) is 3. The summed E-state index contributed by atoms with van der Waals surface area (Å²) in [6, 6.07) is 19.7. The first-order valence-electron chi connectivity index (χ1n) is 12.5. The maximum atomic E-state index is 13.7. The number of aromatic nitrogens is 3. The maximum absolute atomic E-state index is 13.7. The zero-order chi connectivity index (χ0) is 26.9. The Hall–Kier alpha value is -3.99. The molecule has 0 saturated heterocycles. The Labute approximate surface area is 232 Å². The molecule has 3 aromatic carbocycles. The Morgan fingerprint density at radius 2 is 1.90 bits per heavy atom. The van der Waals surface area contributed by atoms with Crippen molar-refractivity contribution in [2.75, 3.05) is 26.9 Å². The lowest BCUT2D eigenvalue weighted by Crippen LogP contribution is -2.14. The molecule has 0 bridgehead atoms. The minimum Gasteiger partial charge on any atom is -0.497 e. The van der Waals surface area contributed by atoms with Gasteiger partial charge in [-0.1, -0.05) is 24.3 Å². The molecule has 0 saturated carbocycles. The van der Waals surface area contributed by atoms with Crippen LogP contribution >= 0.6 is 23.1 Å². The van der Waals surface area contributed by atoms with E-state index in [2.05, 4.69) is 20.9 Å². The summed E-state index contributed by atoms with van der Waals surface area (Å²) in [6.07, 6.45) is 0. The van der Waals surface area contributed by atoms with E-state index in [1.54, 1.807) is 31.4 Å². The van der Waals surface area contributed by atoms with E-state index in [4.69, 9.17) is 14.2 Å². The van der Waals surface area contributed by atoms with Gasteiger partial charge < -0.3 is 23.9 Å². The fraction of sp³-hybridized carbons (Fsp3) is 0.207. The molecule has 0 radical (unpaired) electrons. The third-order valence-corrected chi connectivity index (χ3v) is 8.24. The zero-order valence-corrected chi connectivity index (χ0v) is 23.0. The van der Waals surface area contributed by atoms with Gasteiger partial charge in [0.2, 0.25) is 0 Å². The van der Waals surface area contributed by atoms with Gasteiger partial charge in [-0.05, 0) is 42.8 Å². The van der Waals surface area contributed by atoms with Crippen LogP contribution in [-0.4, -0.2) is 51.3 Å². The average Bonchev–Trinajstić information content (AvgIpc) is 3.65. The molecule has 6 aromatic rings. The predicted molar refractivity (Wildman–Crippen MR) is 154 cm³/mol. The Bertz CT molecular complexity index is 1820. The number of methoxy groups -OCH3 is 1. The Morgan fingerprint density at radius 1 is 1.05 bits per heavy atom. The van der Waals surface area contributed by atoms with Crippen molar-refractivity contribution >= 4 is 60.4 Å². The third-order valence-electron chi connectivity index (χ3n) is 6.51. The second-order valence-electron chi connectivity index (χ2n) is 8.83. The number of fused-ring (bicyclic) bond motifs is 4. The van der Waals surface area contributed by atoms with Gasteiger partial charge >= 0.3 is 5.97 Å². The van der Waals surface area contributed by atoms with Gasteiger partial charge in [0.25, 0.3) is 0 Å². The number of hydrogen-bond donors (Lipinski definition) is 1. The lowest BCUT2D eigenvalue weighted by atomic mass is 10.0. The van der Waals surface area contributed by atoms with Crippen LogP contribution in [-0.2, 0) is 11.3 Å². The quantitative estimate of drug-likeness (QED) is 0.213. The topological polar surface area (TPSA) is 95.7 Å². The predicted octanol–water partition coefficient (Wildman–Crippen LogP) is 6.13. The molecule has 10 heteroatoms. The number of benzene rings is 3. The number of hydrogen-bond acceptors (Lipinski definition) is 9. The largest absolute Gasteiger partial charge is 0.497 e. The van der Waals surface area contributed by atoms with Gasteiger partial charge in [0.15, 0.2) is 0 Å². The van der Waals surface area contributed by atoms with Crippen LogP contribution in [0.2, 0.25) is 0 Å². The molecule has 0 unspecified atom stereocenters. The van der Waals surface area contributed by atoms with Gasteiger partial charge in [-0.25, -0.2) is 4.79 Å². The summed E-state index contributed by atoms with van der Waals surface area (Å²) in [5.74, 6) is 0.710. The molecule has 3 heterocycles. The van der Waals surface area contributed by atoms with Crippen molar-refractivity contribution in [3.8, 4) is 22.6 Å². The standard InChI is InChI=1S/C29H25N3O5S2/c1-3-36-29(34)27-25(19-10-9-18(35-2)15-23(19)37-13-12-33)28-26(20-6-4-5-7-24(20)38-28)32(27)16-17-8-11-21-22(14-17)31-39-30-21/h4-11,14-15,33H,3,12-13,16H2,1-2H3. The average molecular weight is 560 g/mol. The van der Waals surface area contributed by atoms with Crippen LogP contribution in [0.5, 0.6) is 11.5 Å². The lowest BCUT2D eigenvalue weighted by molar-refractivity contribution is 0.0516. The first-order valence-corrected chi connectivity index (χ1v) is 14.0. The van der Waals surface area contributed by atoms with Crippen LogP contribution in [0.25, 0.3) is 42.5 Å². The smallest absolute Gasteiger partial charge is 0.355 e. The first-order chi connectivity index (χ1) is 19.1.